The first-order chi connectivity index (χ1) is 9.63. The largest absolute Gasteiger partial charge is 0.392 e. The lowest BCUT2D eigenvalue weighted by atomic mass is 10.2. The molecule has 0 aliphatic carbocycles. The van der Waals surface area contributed by atoms with Crippen molar-refractivity contribution in [3.63, 3.8) is 0 Å². The average Bonchev–Trinajstić information content (AvgIpc) is 2.47. The van der Waals surface area contributed by atoms with Crippen LogP contribution in [0.2, 0.25) is 5.02 Å². The first kappa shape index (κ1) is 14.8. The molecule has 0 spiro atoms. The summed E-state index contributed by atoms with van der Waals surface area (Å²) in [5.41, 5.74) is 1.41. The second kappa shape index (κ2) is 6.69. The molecule has 0 aliphatic rings. The summed E-state index contributed by atoms with van der Waals surface area (Å²) in [6, 6.07) is 6.92. The quantitative estimate of drug-likeness (QED) is 0.670. The number of rotatable bonds is 4. The average molecular weight is 310 g/mol. The Bertz CT molecular complexity index is 637. The lowest BCUT2D eigenvalue weighted by Crippen LogP contribution is -2.15. The molecule has 0 aliphatic heterocycles. The molecule has 0 fully saturated rings. The molecule has 0 radical (unpaired) electrons. The van der Waals surface area contributed by atoms with Crippen molar-refractivity contribution in [2.75, 3.05) is 11.6 Å². The number of hydrogen-bond donors (Lipinski definition) is 2. The minimum Gasteiger partial charge on any atom is -0.392 e. The van der Waals surface area contributed by atoms with Gasteiger partial charge in [0, 0.05) is 5.69 Å². The summed E-state index contributed by atoms with van der Waals surface area (Å²) in [5.74, 6) is -0.414. The van der Waals surface area contributed by atoms with Crippen LogP contribution in [0.3, 0.4) is 0 Å². The number of nitrogens with one attached hydrogen (secondary N) is 1. The molecule has 1 amide bonds. The summed E-state index contributed by atoms with van der Waals surface area (Å²) in [6.45, 7) is -0.0887. The van der Waals surface area contributed by atoms with Crippen molar-refractivity contribution in [2.45, 2.75) is 11.8 Å². The van der Waals surface area contributed by atoms with Crippen LogP contribution in [0.4, 0.5) is 5.69 Å². The highest BCUT2D eigenvalue weighted by atomic mass is 35.5. The van der Waals surface area contributed by atoms with E-state index < -0.39 is 5.91 Å². The van der Waals surface area contributed by atoms with Crippen molar-refractivity contribution in [3.05, 3.63) is 46.7 Å². The first-order valence-electron chi connectivity index (χ1n) is 5.71. The zero-order chi connectivity index (χ0) is 14.5. The van der Waals surface area contributed by atoms with E-state index in [1.54, 1.807) is 24.3 Å². The fourth-order valence-corrected chi connectivity index (χ4v) is 2.06. The molecule has 0 bridgehead atoms. The Balaban J connectivity index is 2.23. The van der Waals surface area contributed by atoms with Gasteiger partial charge in [0.1, 0.15) is 0 Å². The van der Waals surface area contributed by atoms with Crippen molar-refractivity contribution < 1.29 is 9.90 Å². The Labute approximate surface area is 125 Å². The second-order valence-electron chi connectivity index (χ2n) is 3.87. The van der Waals surface area contributed by atoms with E-state index in [1.807, 2.05) is 6.26 Å². The highest BCUT2D eigenvalue weighted by Crippen LogP contribution is 2.18. The van der Waals surface area contributed by atoms with Crippen LogP contribution in [0, 0.1) is 0 Å². The van der Waals surface area contributed by atoms with Gasteiger partial charge >= 0.3 is 0 Å². The van der Waals surface area contributed by atoms with E-state index in [4.69, 9.17) is 16.7 Å². The van der Waals surface area contributed by atoms with Crippen molar-refractivity contribution in [3.8, 4) is 0 Å². The van der Waals surface area contributed by atoms with Crippen molar-refractivity contribution in [1.82, 2.24) is 9.97 Å². The number of aliphatic hydroxyl groups excluding tert-OH is 1. The number of anilines is 1. The van der Waals surface area contributed by atoms with Gasteiger partial charge in [-0.3, -0.25) is 4.79 Å². The molecule has 7 heteroatoms. The molecule has 0 unspecified atom stereocenters. The van der Waals surface area contributed by atoms with Gasteiger partial charge in [-0.15, -0.1) is 0 Å². The van der Waals surface area contributed by atoms with Crippen molar-refractivity contribution >= 4 is 35.0 Å². The van der Waals surface area contributed by atoms with Gasteiger partial charge in [0.15, 0.2) is 10.9 Å². The number of carbonyl (C=O) groups excluding carboxylic acids is 1. The smallest absolute Gasteiger partial charge is 0.275 e. The van der Waals surface area contributed by atoms with E-state index in [9.17, 15) is 4.79 Å². The molecule has 104 valence electrons. The summed E-state index contributed by atoms with van der Waals surface area (Å²) < 4.78 is 0. The molecule has 5 nitrogen and oxygen atoms in total. The third-order valence-electron chi connectivity index (χ3n) is 2.49. The summed E-state index contributed by atoms with van der Waals surface area (Å²) in [5, 5.41) is 12.4. The number of amides is 1. The van der Waals surface area contributed by atoms with Gasteiger partial charge in [0.25, 0.3) is 5.91 Å². The molecule has 0 saturated heterocycles. The zero-order valence-electron chi connectivity index (χ0n) is 10.6. The standard InChI is InChI=1S/C13H12ClN3O2S/c1-20-13-15-6-10(14)11(17-13)12(19)16-9-4-2-3-8(5-9)7-18/h2-6,18H,7H2,1H3,(H,16,19). The maximum Gasteiger partial charge on any atom is 0.275 e. The van der Waals surface area contributed by atoms with E-state index in [0.29, 0.717) is 16.4 Å². The molecule has 0 saturated carbocycles. The maximum absolute atomic E-state index is 12.1. The number of thioether (sulfide) groups is 1. The molecule has 2 rings (SSSR count). The van der Waals surface area contributed by atoms with E-state index in [-0.39, 0.29) is 17.3 Å². The molecular weight excluding hydrogens is 298 g/mol. The van der Waals surface area contributed by atoms with Crippen LogP contribution in [0.25, 0.3) is 0 Å². The number of halogens is 1. The van der Waals surface area contributed by atoms with Crippen LogP contribution in [0.1, 0.15) is 16.1 Å². The molecule has 1 aromatic heterocycles. The SMILES string of the molecule is CSc1ncc(Cl)c(C(=O)Nc2cccc(CO)c2)n1. The molecule has 2 N–H and O–H groups in total. The Morgan fingerprint density at radius 2 is 2.30 bits per heavy atom. The van der Waals surface area contributed by atoms with E-state index >= 15 is 0 Å². The molecule has 2 aromatic rings. The zero-order valence-corrected chi connectivity index (χ0v) is 12.2. The lowest BCUT2D eigenvalue weighted by molar-refractivity contribution is 0.102. The van der Waals surface area contributed by atoms with Crippen molar-refractivity contribution in [2.24, 2.45) is 0 Å². The predicted molar refractivity (Wildman–Crippen MR) is 79.1 cm³/mol. The molecule has 1 heterocycles. The molecule has 0 atom stereocenters. The first-order valence-corrected chi connectivity index (χ1v) is 7.32. The lowest BCUT2D eigenvalue weighted by Gasteiger charge is -2.07. The van der Waals surface area contributed by atoms with Gasteiger partial charge < -0.3 is 10.4 Å². The van der Waals surface area contributed by atoms with Crippen LogP contribution in [0.15, 0.2) is 35.6 Å². The monoisotopic (exact) mass is 309 g/mol. The van der Waals surface area contributed by atoms with Gasteiger partial charge in [-0.05, 0) is 24.0 Å². The van der Waals surface area contributed by atoms with Crippen LogP contribution < -0.4 is 5.32 Å². The van der Waals surface area contributed by atoms with E-state index in [1.165, 1.54) is 18.0 Å². The highest BCUT2D eigenvalue weighted by molar-refractivity contribution is 7.98. The van der Waals surface area contributed by atoms with Gasteiger partial charge in [0.05, 0.1) is 17.8 Å². The van der Waals surface area contributed by atoms with E-state index in [2.05, 4.69) is 15.3 Å². The fourth-order valence-electron chi connectivity index (χ4n) is 1.55. The molecule has 20 heavy (non-hydrogen) atoms. The topological polar surface area (TPSA) is 75.1 Å². The third kappa shape index (κ3) is 3.47. The number of carbonyl (C=O) groups is 1. The number of hydrogen-bond acceptors (Lipinski definition) is 5. The summed E-state index contributed by atoms with van der Waals surface area (Å²) >= 11 is 7.27. The maximum atomic E-state index is 12.1. The van der Waals surface area contributed by atoms with Crippen LogP contribution in [-0.4, -0.2) is 27.2 Å². The summed E-state index contributed by atoms with van der Waals surface area (Å²) in [4.78, 5) is 20.2. The van der Waals surface area contributed by atoms with E-state index in [0.717, 1.165) is 0 Å². The minimum absolute atomic E-state index is 0.0887. The van der Waals surface area contributed by atoms with Gasteiger partial charge in [0.2, 0.25) is 0 Å². The number of nitrogens with zero attached hydrogens (tertiary/aromatic N) is 2. The second-order valence-corrected chi connectivity index (χ2v) is 5.05. The Morgan fingerprint density at radius 1 is 1.50 bits per heavy atom. The number of aliphatic hydroxyl groups is 1. The van der Waals surface area contributed by atoms with Gasteiger partial charge in [-0.2, -0.15) is 0 Å². The normalized spacial score (nSPS) is 10.3. The fraction of sp³-hybridized carbons (Fsp3) is 0.154. The van der Waals surface area contributed by atoms with Gasteiger partial charge in [-0.1, -0.05) is 35.5 Å². The minimum atomic E-state index is -0.414. The third-order valence-corrected chi connectivity index (χ3v) is 3.33. The summed E-state index contributed by atoms with van der Waals surface area (Å²) in [6.07, 6.45) is 3.22. The number of benzene rings is 1. The Morgan fingerprint density at radius 3 is 3.00 bits per heavy atom. The number of aromatic nitrogens is 2. The Hall–Kier alpha value is -1.63. The highest BCUT2D eigenvalue weighted by Gasteiger charge is 2.14. The van der Waals surface area contributed by atoms with Crippen molar-refractivity contribution in [1.29, 1.82) is 0 Å². The van der Waals surface area contributed by atoms with Crippen LogP contribution >= 0.6 is 23.4 Å². The summed E-state index contributed by atoms with van der Waals surface area (Å²) in [7, 11) is 0. The predicted octanol–water partition coefficient (Wildman–Crippen LogP) is 2.60. The van der Waals surface area contributed by atoms with Crippen LogP contribution in [0.5, 0.6) is 0 Å². The van der Waals surface area contributed by atoms with Gasteiger partial charge in [-0.25, -0.2) is 9.97 Å². The molecule has 1 aromatic carbocycles. The molecular formula is C13H12ClN3O2S. The van der Waals surface area contributed by atoms with Crippen LogP contribution in [-0.2, 0) is 6.61 Å². The Kier molecular flexibility index (Phi) is 4.94.